The van der Waals surface area contributed by atoms with Crippen LogP contribution in [0.25, 0.3) is 10.9 Å². The van der Waals surface area contributed by atoms with Crippen LogP contribution in [0.3, 0.4) is 0 Å². The van der Waals surface area contributed by atoms with Crippen LogP contribution in [-0.4, -0.2) is 18.0 Å². The fourth-order valence-electron chi connectivity index (χ4n) is 2.62. The van der Waals surface area contributed by atoms with Crippen molar-refractivity contribution < 1.29 is 13.9 Å². The van der Waals surface area contributed by atoms with Gasteiger partial charge in [-0.25, -0.2) is 9.37 Å². The van der Waals surface area contributed by atoms with Gasteiger partial charge in [0.15, 0.2) is 0 Å². The van der Waals surface area contributed by atoms with E-state index in [1.165, 1.54) is 25.3 Å². The molecule has 3 rings (SSSR count). The summed E-state index contributed by atoms with van der Waals surface area (Å²) in [4.78, 5) is 16.8. The molecular weight excluding hydrogens is 343 g/mol. The number of carbonyl (C=O) groups is 1. The highest BCUT2D eigenvalue weighted by atomic mass is 35.5. The molecule has 1 amide bonds. The second kappa shape index (κ2) is 7.07. The molecule has 0 saturated heterocycles. The molecule has 6 heteroatoms. The number of pyridine rings is 1. The molecule has 1 heterocycles. The van der Waals surface area contributed by atoms with Gasteiger partial charge in [-0.3, -0.25) is 4.79 Å². The van der Waals surface area contributed by atoms with Crippen molar-refractivity contribution in [2.75, 3.05) is 7.11 Å². The van der Waals surface area contributed by atoms with Crippen molar-refractivity contribution in [2.45, 2.75) is 13.5 Å². The Kier molecular flexibility index (Phi) is 4.86. The van der Waals surface area contributed by atoms with E-state index in [2.05, 4.69) is 10.3 Å². The number of carbonyl (C=O) groups excluding carboxylic acids is 1. The lowest BCUT2D eigenvalue weighted by atomic mass is 10.1. The van der Waals surface area contributed by atoms with E-state index in [1.807, 2.05) is 18.2 Å². The lowest BCUT2D eigenvalue weighted by Crippen LogP contribution is -2.24. The van der Waals surface area contributed by atoms with Gasteiger partial charge in [0, 0.05) is 23.0 Å². The summed E-state index contributed by atoms with van der Waals surface area (Å²) < 4.78 is 18.9. The summed E-state index contributed by atoms with van der Waals surface area (Å²) in [5.74, 6) is -0.333. The minimum absolute atomic E-state index is 0.200. The molecule has 0 aliphatic rings. The van der Waals surface area contributed by atoms with Crippen LogP contribution in [0, 0.1) is 12.7 Å². The number of halogens is 2. The number of rotatable bonds is 4. The molecule has 0 spiro atoms. The molecule has 0 bridgehead atoms. The van der Waals surface area contributed by atoms with Gasteiger partial charge in [-0.1, -0.05) is 29.8 Å². The van der Waals surface area contributed by atoms with E-state index >= 15 is 0 Å². The molecular formula is C19H16ClFN2O2. The maximum atomic E-state index is 13.6. The van der Waals surface area contributed by atoms with Gasteiger partial charge in [-0.2, -0.15) is 0 Å². The molecule has 0 fully saturated rings. The van der Waals surface area contributed by atoms with Gasteiger partial charge < -0.3 is 10.1 Å². The molecule has 2 aromatic carbocycles. The van der Waals surface area contributed by atoms with Crippen LogP contribution in [0.5, 0.6) is 5.75 Å². The molecule has 128 valence electrons. The number of benzene rings is 2. The van der Waals surface area contributed by atoms with E-state index in [0.29, 0.717) is 27.2 Å². The maximum Gasteiger partial charge on any atom is 0.270 e. The Morgan fingerprint density at radius 2 is 2.04 bits per heavy atom. The Morgan fingerprint density at radius 1 is 1.28 bits per heavy atom. The number of hydrogen-bond acceptors (Lipinski definition) is 3. The SMILES string of the molecule is COc1cc(C(=O)NCc2ccccc2Cl)nc2c(C)cc(F)cc12. The van der Waals surface area contributed by atoms with Gasteiger partial charge in [0.1, 0.15) is 17.3 Å². The first-order valence-electron chi connectivity index (χ1n) is 7.66. The van der Waals surface area contributed by atoms with Crippen molar-refractivity contribution in [1.29, 1.82) is 0 Å². The van der Waals surface area contributed by atoms with E-state index in [-0.39, 0.29) is 24.0 Å². The van der Waals surface area contributed by atoms with Gasteiger partial charge >= 0.3 is 0 Å². The van der Waals surface area contributed by atoms with Crippen molar-refractivity contribution >= 4 is 28.4 Å². The highest BCUT2D eigenvalue weighted by Crippen LogP contribution is 2.28. The van der Waals surface area contributed by atoms with Crippen LogP contribution in [-0.2, 0) is 6.54 Å². The largest absolute Gasteiger partial charge is 0.496 e. The molecule has 0 aliphatic carbocycles. The minimum atomic E-state index is -0.374. The number of fused-ring (bicyclic) bond motifs is 1. The molecule has 0 saturated carbocycles. The zero-order chi connectivity index (χ0) is 18.0. The number of nitrogens with zero attached hydrogens (tertiary/aromatic N) is 1. The van der Waals surface area contributed by atoms with Gasteiger partial charge in [0.25, 0.3) is 5.91 Å². The average molecular weight is 359 g/mol. The van der Waals surface area contributed by atoms with Crippen LogP contribution in [0.1, 0.15) is 21.6 Å². The number of amides is 1. The zero-order valence-corrected chi connectivity index (χ0v) is 14.5. The van der Waals surface area contributed by atoms with E-state index in [1.54, 1.807) is 13.0 Å². The van der Waals surface area contributed by atoms with E-state index in [0.717, 1.165) is 5.56 Å². The van der Waals surface area contributed by atoms with Gasteiger partial charge in [0.2, 0.25) is 0 Å². The summed E-state index contributed by atoms with van der Waals surface area (Å²) in [5.41, 5.74) is 2.17. The Balaban J connectivity index is 1.92. The molecule has 0 unspecified atom stereocenters. The van der Waals surface area contributed by atoms with Gasteiger partial charge in [-0.05, 0) is 36.2 Å². The lowest BCUT2D eigenvalue weighted by Gasteiger charge is -2.11. The Labute approximate surface area is 149 Å². The molecule has 1 aromatic heterocycles. The Bertz CT molecular complexity index is 960. The summed E-state index contributed by atoms with van der Waals surface area (Å²) in [6.45, 7) is 2.02. The number of ether oxygens (including phenoxy) is 1. The van der Waals surface area contributed by atoms with Crippen molar-refractivity contribution in [1.82, 2.24) is 10.3 Å². The first-order chi connectivity index (χ1) is 12.0. The number of aromatic nitrogens is 1. The second-order valence-electron chi connectivity index (χ2n) is 5.60. The summed E-state index contributed by atoms with van der Waals surface area (Å²) in [7, 11) is 1.47. The Hall–Kier alpha value is -2.66. The highest BCUT2D eigenvalue weighted by molar-refractivity contribution is 6.31. The van der Waals surface area contributed by atoms with Gasteiger partial charge in [0.05, 0.1) is 12.6 Å². The van der Waals surface area contributed by atoms with E-state index < -0.39 is 0 Å². The third kappa shape index (κ3) is 3.56. The van der Waals surface area contributed by atoms with Crippen LogP contribution >= 0.6 is 11.6 Å². The van der Waals surface area contributed by atoms with Crippen LogP contribution in [0.2, 0.25) is 5.02 Å². The van der Waals surface area contributed by atoms with Crippen LogP contribution < -0.4 is 10.1 Å². The molecule has 4 nitrogen and oxygen atoms in total. The molecule has 1 N–H and O–H groups in total. The monoisotopic (exact) mass is 358 g/mol. The standard InChI is InChI=1S/C19H16ClFN2O2/c1-11-7-13(21)8-14-17(25-2)9-16(23-18(11)14)19(24)22-10-12-5-3-4-6-15(12)20/h3-9H,10H2,1-2H3,(H,22,24). The van der Waals surface area contributed by atoms with Crippen molar-refractivity contribution in [3.8, 4) is 5.75 Å². The third-order valence-corrected chi connectivity index (χ3v) is 4.25. The topological polar surface area (TPSA) is 51.2 Å². The normalized spacial score (nSPS) is 10.7. The molecule has 0 radical (unpaired) electrons. The predicted octanol–water partition coefficient (Wildman–Crippen LogP) is 4.27. The number of aryl methyl sites for hydroxylation is 1. The molecule has 0 aliphatic heterocycles. The minimum Gasteiger partial charge on any atom is -0.496 e. The average Bonchev–Trinajstić information content (AvgIpc) is 2.60. The smallest absolute Gasteiger partial charge is 0.270 e. The summed E-state index contributed by atoms with van der Waals surface area (Å²) >= 11 is 6.09. The van der Waals surface area contributed by atoms with Crippen molar-refractivity contribution in [3.63, 3.8) is 0 Å². The second-order valence-corrected chi connectivity index (χ2v) is 6.01. The summed E-state index contributed by atoms with van der Waals surface area (Å²) in [6, 6.07) is 11.5. The fraction of sp³-hybridized carbons (Fsp3) is 0.158. The summed E-state index contributed by atoms with van der Waals surface area (Å²) in [6.07, 6.45) is 0. The zero-order valence-electron chi connectivity index (χ0n) is 13.8. The molecule has 3 aromatic rings. The first kappa shape index (κ1) is 17.2. The van der Waals surface area contributed by atoms with Crippen LogP contribution in [0.15, 0.2) is 42.5 Å². The maximum absolute atomic E-state index is 13.6. The Morgan fingerprint density at radius 3 is 2.76 bits per heavy atom. The van der Waals surface area contributed by atoms with Gasteiger partial charge in [-0.15, -0.1) is 0 Å². The van der Waals surface area contributed by atoms with E-state index in [4.69, 9.17) is 16.3 Å². The van der Waals surface area contributed by atoms with Crippen molar-refractivity contribution in [3.05, 3.63) is 70.1 Å². The van der Waals surface area contributed by atoms with E-state index in [9.17, 15) is 9.18 Å². The fourth-order valence-corrected chi connectivity index (χ4v) is 2.82. The summed E-state index contributed by atoms with van der Waals surface area (Å²) in [5, 5.41) is 3.90. The quantitative estimate of drug-likeness (QED) is 0.757. The number of hydrogen-bond donors (Lipinski definition) is 1. The van der Waals surface area contributed by atoms with Crippen molar-refractivity contribution in [2.24, 2.45) is 0 Å². The highest BCUT2D eigenvalue weighted by Gasteiger charge is 2.15. The number of methoxy groups -OCH3 is 1. The lowest BCUT2D eigenvalue weighted by molar-refractivity contribution is 0.0946. The predicted molar refractivity (Wildman–Crippen MR) is 95.6 cm³/mol. The van der Waals surface area contributed by atoms with Crippen LogP contribution in [0.4, 0.5) is 4.39 Å². The first-order valence-corrected chi connectivity index (χ1v) is 8.04. The number of nitrogens with one attached hydrogen (secondary N) is 1. The molecule has 0 atom stereocenters. The third-order valence-electron chi connectivity index (χ3n) is 3.88. The molecule has 25 heavy (non-hydrogen) atoms.